The van der Waals surface area contributed by atoms with Crippen molar-refractivity contribution in [3.8, 4) is 5.75 Å². The lowest BCUT2D eigenvalue weighted by Crippen LogP contribution is -1.98. The van der Waals surface area contributed by atoms with Gasteiger partial charge in [-0.25, -0.2) is 4.39 Å². The van der Waals surface area contributed by atoms with Crippen molar-refractivity contribution < 1.29 is 9.50 Å². The van der Waals surface area contributed by atoms with E-state index in [9.17, 15) is 4.39 Å². The molecule has 0 unspecified atom stereocenters. The van der Waals surface area contributed by atoms with Gasteiger partial charge in [-0.3, -0.25) is 0 Å². The van der Waals surface area contributed by atoms with Gasteiger partial charge in [0.2, 0.25) is 0 Å². The van der Waals surface area contributed by atoms with Gasteiger partial charge >= 0.3 is 0 Å². The molecule has 0 fully saturated rings. The predicted molar refractivity (Wildman–Crippen MR) is 61.8 cm³/mol. The van der Waals surface area contributed by atoms with Crippen molar-refractivity contribution in [2.45, 2.75) is 6.54 Å². The molecule has 16 heavy (non-hydrogen) atoms. The molecule has 0 aliphatic heterocycles. The Balaban J connectivity index is 1.97. The second-order valence-corrected chi connectivity index (χ2v) is 3.53. The van der Waals surface area contributed by atoms with Gasteiger partial charge in [0, 0.05) is 12.2 Å². The average Bonchev–Trinajstić information content (AvgIpc) is 2.30. The zero-order valence-corrected chi connectivity index (χ0v) is 8.65. The minimum absolute atomic E-state index is 0.241. The Morgan fingerprint density at radius 2 is 1.56 bits per heavy atom. The Labute approximate surface area is 93.4 Å². The van der Waals surface area contributed by atoms with Crippen molar-refractivity contribution in [3.63, 3.8) is 0 Å². The van der Waals surface area contributed by atoms with Crippen molar-refractivity contribution >= 4 is 5.69 Å². The van der Waals surface area contributed by atoms with E-state index in [2.05, 4.69) is 5.32 Å². The van der Waals surface area contributed by atoms with Gasteiger partial charge in [-0.05, 0) is 42.0 Å². The molecule has 2 N–H and O–H groups in total. The van der Waals surface area contributed by atoms with E-state index in [1.807, 2.05) is 12.1 Å². The van der Waals surface area contributed by atoms with E-state index < -0.39 is 0 Å². The number of hydrogen-bond donors (Lipinski definition) is 2. The summed E-state index contributed by atoms with van der Waals surface area (Å²) in [4.78, 5) is 0. The molecule has 0 saturated heterocycles. The quantitative estimate of drug-likeness (QED) is 0.827. The smallest absolute Gasteiger partial charge is 0.123 e. The van der Waals surface area contributed by atoms with Crippen molar-refractivity contribution in [2.24, 2.45) is 0 Å². The molecule has 2 nitrogen and oxygen atoms in total. The highest BCUT2D eigenvalue weighted by molar-refractivity contribution is 5.43. The first kappa shape index (κ1) is 10.5. The van der Waals surface area contributed by atoms with E-state index in [4.69, 9.17) is 5.11 Å². The normalized spacial score (nSPS) is 10.1. The lowest BCUT2D eigenvalue weighted by molar-refractivity contribution is 0.475. The van der Waals surface area contributed by atoms with E-state index in [0.29, 0.717) is 6.54 Å². The van der Waals surface area contributed by atoms with E-state index >= 15 is 0 Å². The van der Waals surface area contributed by atoms with Gasteiger partial charge in [0.15, 0.2) is 0 Å². The molecule has 0 aliphatic rings. The molecule has 0 atom stereocenters. The maximum Gasteiger partial charge on any atom is 0.123 e. The van der Waals surface area contributed by atoms with Crippen molar-refractivity contribution in [1.29, 1.82) is 0 Å². The number of nitrogens with one attached hydrogen (secondary N) is 1. The fourth-order valence-corrected chi connectivity index (χ4v) is 1.39. The van der Waals surface area contributed by atoms with Crippen LogP contribution < -0.4 is 5.32 Å². The summed E-state index contributed by atoms with van der Waals surface area (Å²) in [6, 6.07) is 13.2. The minimum Gasteiger partial charge on any atom is -0.508 e. The zero-order chi connectivity index (χ0) is 11.4. The molecule has 0 aromatic heterocycles. The Morgan fingerprint density at radius 1 is 0.938 bits per heavy atom. The number of hydrogen-bond acceptors (Lipinski definition) is 2. The fourth-order valence-electron chi connectivity index (χ4n) is 1.39. The lowest BCUT2D eigenvalue weighted by Gasteiger charge is -2.06. The van der Waals surface area contributed by atoms with Crippen molar-refractivity contribution in [2.75, 3.05) is 5.32 Å². The Hall–Kier alpha value is -2.03. The van der Waals surface area contributed by atoms with Crippen LogP contribution >= 0.6 is 0 Å². The second-order valence-electron chi connectivity index (χ2n) is 3.53. The van der Waals surface area contributed by atoms with Gasteiger partial charge in [0.25, 0.3) is 0 Å². The maximum atomic E-state index is 12.6. The lowest BCUT2D eigenvalue weighted by atomic mass is 10.2. The van der Waals surface area contributed by atoms with Crippen LogP contribution in [-0.4, -0.2) is 5.11 Å². The van der Waals surface area contributed by atoms with Crippen LogP contribution in [0.15, 0.2) is 48.5 Å². The van der Waals surface area contributed by atoms with Crippen LogP contribution in [0, 0.1) is 5.82 Å². The zero-order valence-electron chi connectivity index (χ0n) is 8.65. The molecule has 0 bridgehead atoms. The van der Waals surface area contributed by atoms with Gasteiger partial charge < -0.3 is 10.4 Å². The molecule has 82 valence electrons. The molecule has 2 aromatic carbocycles. The first-order chi connectivity index (χ1) is 7.74. The highest BCUT2D eigenvalue weighted by Crippen LogP contribution is 2.13. The predicted octanol–water partition coefficient (Wildman–Crippen LogP) is 3.14. The number of halogens is 1. The average molecular weight is 217 g/mol. The maximum absolute atomic E-state index is 12.6. The number of anilines is 1. The Kier molecular flexibility index (Phi) is 3.05. The van der Waals surface area contributed by atoms with Crippen LogP contribution in [-0.2, 0) is 6.54 Å². The van der Waals surface area contributed by atoms with Gasteiger partial charge in [0.1, 0.15) is 11.6 Å². The Bertz CT molecular complexity index is 405. The van der Waals surface area contributed by atoms with Gasteiger partial charge in [0.05, 0.1) is 0 Å². The largest absolute Gasteiger partial charge is 0.508 e. The van der Waals surface area contributed by atoms with E-state index in [0.717, 1.165) is 11.3 Å². The number of rotatable bonds is 3. The van der Waals surface area contributed by atoms with Crippen molar-refractivity contribution in [1.82, 2.24) is 0 Å². The third-order valence-electron chi connectivity index (χ3n) is 2.28. The van der Waals surface area contributed by atoms with Crippen molar-refractivity contribution in [3.05, 3.63) is 59.9 Å². The van der Waals surface area contributed by atoms with Crippen LogP contribution in [0.4, 0.5) is 10.1 Å². The van der Waals surface area contributed by atoms with Gasteiger partial charge in [-0.2, -0.15) is 0 Å². The summed E-state index contributed by atoms with van der Waals surface area (Å²) < 4.78 is 12.6. The Morgan fingerprint density at radius 3 is 2.19 bits per heavy atom. The molecule has 0 radical (unpaired) electrons. The molecule has 0 saturated carbocycles. The van der Waals surface area contributed by atoms with Gasteiger partial charge in [-0.1, -0.05) is 12.1 Å². The first-order valence-electron chi connectivity index (χ1n) is 5.01. The van der Waals surface area contributed by atoms with E-state index in [-0.39, 0.29) is 11.6 Å². The van der Waals surface area contributed by atoms with Crippen LogP contribution in [0.25, 0.3) is 0 Å². The van der Waals surface area contributed by atoms with E-state index in [1.165, 1.54) is 12.1 Å². The number of benzene rings is 2. The van der Waals surface area contributed by atoms with Crippen LogP contribution in [0.1, 0.15) is 5.56 Å². The summed E-state index contributed by atoms with van der Waals surface area (Å²) in [5.74, 6) is 0.0146. The summed E-state index contributed by atoms with van der Waals surface area (Å²) >= 11 is 0. The first-order valence-corrected chi connectivity index (χ1v) is 5.01. The molecule has 0 amide bonds. The number of aromatic hydroxyl groups is 1. The standard InChI is InChI=1S/C13H12FNO/c14-11-3-5-12(6-4-11)15-9-10-1-7-13(16)8-2-10/h1-8,15-16H,9H2. The van der Waals surface area contributed by atoms with Gasteiger partial charge in [-0.15, -0.1) is 0 Å². The molecule has 2 rings (SSSR count). The fraction of sp³-hybridized carbons (Fsp3) is 0.0769. The molecule has 0 heterocycles. The molecular weight excluding hydrogens is 205 g/mol. The summed E-state index contributed by atoms with van der Waals surface area (Å²) in [6.45, 7) is 0.645. The third kappa shape index (κ3) is 2.73. The summed E-state index contributed by atoms with van der Waals surface area (Å²) in [7, 11) is 0. The SMILES string of the molecule is Oc1ccc(CNc2ccc(F)cc2)cc1. The number of phenols is 1. The molecule has 0 aliphatic carbocycles. The van der Waals surface area contributed by atoms with Crippen LogP contribution in [0.3, 0.4) is 0 Å². The molecule has 2 aromatic rings. The molecule has 0 spiro atoms. The highest BCUT2D eigenvalue weighted by atomic mass is 19.1. The summed E-state index contributed by atoms with van der Waals surface area (Å²) in [6.07, 6.45) is 0. The summed E-state index contributed by atoms with van der Waals surface area (Å²) in [5, 5.41) is 12.3. The second kappa shape index (κ2) is 4.66. The van der Waals surface area contributed by atoms with Crippen LogP contribution in [0.5, 0.6) is 5.75 Å². The molecule has 3 heteroatoms. The minimum atomic E-state index is -0.241. The third-order valence-corrected chi connectivity index (χ3v) is 2.28. The summed E-state index contributed by atoms with van der Waals surface area (Å²) in [5.41, 5.74) is 1.93. The monoisotopic (exact) mass is 217 g/mol. The van der Waals surface area contributed by atoms with Crippen LogP contribution in [0.2, 0.25) is 0 Å². The van der Waals surface area contributed by atoms with E-state index in [1.54, 1.807) is 24.3 Å². The molecular formula is C13H12FNO. The number of phenolic OH excluding ortho intramolecular Hbond substituents is 1. The topological polar surface area (TPSA) is 32.3 Å². The highest BCUT2D eigenvalue weighted by Gasteiger charge is 1.95.